The summed E-state index contributed by atoms with van der Waals surface area (Å²) in [5, 5.41) is 30.0. The summed E-state index contributed by atoms with van der Waals surface area (Å²) in [6, 6.07) is -0.982. The van der Waals surface area contributed by atoms with Crippen molar-refractivity contribution in [3.8, 4) is 0 Å². The molecule has 3 unspecified atom stereocenters. The fraction of sp³-hybridized carbons (Fsp3) is 0.917. The Morgan fingerprint density at radius 1 is 1.12 bits per heavy atom. The van der Waals surface area contributed by atoms with Crippen molar-refractivity contribution in [3.05, 3.63) is 0 Å². The van der Waals surface area contributed by atoms with Gasteiger partial charge < -0.3 is 21.1 Å². The summed E-state index contributed by atoms with van der Waals surface area (Å²) in [7, 11) is 0. The molecule has 0 saturated heterocycles. The Hall–Kier alpha value is -0.650. The van der Waals surface area contributed by atoms with Crippen molar-refractivity contribution in [1.82, 2.24) is 0 Å². The molecule has 0 radical (unpaired) electrons. The van der Waals surface area contributed by atoms with Crippen LogP contribution in [0.2, 0.25) is 0 Å². The fourth-order valence-corrected chi connectivity index (χ4v) is 5.02. The maximum Gasteiger partial charge on any atom is 0.321 e. The second-order valence-corrected chi connectivity index (χ2v) is 6.64. The van der Waals surface area contributed by atoms with Crippen molar-refractivity contribution in [2.75, 3.05) is 0 Å². The van der Waals surface area contributed by atoms with Crippen molar-refractivity contribution in [1.29, 1.82) is 0 Å². The minimum atomic E-state index is -1.03. The molecule has 5 N–H and O–H groups in total. The van der Waals surface area contributed by atoms with E-state index in [2.05, 4.69) is 0 Å². The van der Waals surface area contributed by atoms with Gasteiger partial charge in [-0.3, -0.25) is 4.79 Å². The van der Waals surface area contributed by atoms with Gasteiger partial charge in [-0.15, -0.1) is 0 Å². The quantitative estimate of drug-likeness (QED) is 0.538. The van der Waals surface area contributed by atoms with Crippen LogP contribution in [-0.2, 0) is 4.79 Å². The van der Waals surface area contributed by atoms with Crippen molar-refractivity contribution >= 4 is 5.97 Å². The highest BCUT2D eigenvalue weighted by Gasteiger charge is 2.65. The lowest BCUT2D eigenvalue weighted by atomic mass is 9.44. The van der Waals surface area contributed by atoms with Crippen molar-refractivity contribution in [2.24, 2.45) is 17.1 Å². The predicted octanol–water partition coefficient (Wildman–Crippen LogP) is -0.156. The number of nitrogens with two attached hydrogens (primary N) is 1. The summed E-state index contributed by atoms with van der Waals surface area (Å²) in [5.74, 6) is -0.814. The number of hydrogen-bond acceptors (Lipinski definition) is 4. The van der Waals surface area contributed by atoms with Crippen LogP contribution in [0, 0.1) is 11.3 Å². The van der Waals surface area contributed by atoms with Crippen LogP contribution in [0.4, 0.5) is 0 Å². The van der Waals surface area contributed by atoms with Crippen LogP contribution in [0.1, 0.15) is 38.5 Å². The van der Waals surface area contributed by atoms with Crippen LogP contribution in [0.5, 0.6) is 0 Å². The largest absolute Gasteiger partial charge is 0.480 e. The first kappa shape index (κ1) is 11.4. The van der Waals surface area contributed by atoms with Gasteiger partial charge >= 0.3 is 5.97 Å². The molecule has 0 aromatic carbocycles. The lowest BCUT2D eigenvalue weighted by molar-refractivity contribution is -0.235. The third kappa shape index (κ3) is 1.53. The van der Waals surface area contributed by atoms with Gasteiger partial charge in [0.1, 0.15) is 6.04 Å². The number of carboxylic acid groups (broad SMARTS) is 1. The smallest absolute Gasteiger partial charge is 0.321 e. The second-order valence-electron chi connectivity index (χ2n) is 6.64. The van der Waals surface area contributed by atoms with Crippen LogP contribution in [-0.4, -0.2) is 38.5 Å². The Morgan fingerprint density at radius 2 is 1.65 bits per heavy atom. The van der Waals surface area contributed by atoms with E-state index in [0.29, 0.717) is 32.1 Å². The van der Waals surface area contributed by atoms with E-state index in [1.807, 2.05) is 0 Å². The van der Waals surface area contributed by atoms with Gasteiger partial charge in [0.15, 0.2) is 0 Å². The van der Waals surface area contributed by atoms with E-state index >= 15 is 0 Å². The van der Waals surface area contributed by atoms with E-state index < -0.39 is 28.6 Å². The molecule has 4 aliphatic rings. The summed E-state index contributed by atoms with van der Waals surface area (Å²) in [6.45, 7) is 0. The molecule has 5 heteroatoms. The highest BCUT2D eigenvalue weighted by molar-refractivity contribution is 5.74. The number of aliphatic hydroxyl groups is 2. The third-order valence-corrected chi connectivity index (χ3v) is 4.98. The lowest BCUT2D eigenvalue weighted by Gasteiger charge is -2.64. The molecule has 4 fully saturated rings. The van der Waals surface area contributed by atoms with E-state index in [1.165, 1.54) is 0 Å². The first-order valence-corrected chi connectivity index (χ1v) is 6.19. The maximum absolute atomic E-state index is 11.1. The summed E-state index contributed by atoms with van der Waals surface area (Å²) in [4.78, 5) is 11.1. The van der Waals surface area contributed by atoms with Gasteiger partial charge in [0.25, 0.3) is 0 Å². The van der Waals surface area contributed by atoms with Crippen LogP contribution < -0.4 is 5.73 Å². The molecule has 5 atom stereocenters. The normalized spacial score (nSPS) is 53.7. The fourth-order valence-electron chi connectivity index (χ4n) is 5.02. The van der Waals surface area contributed by atoms with Gasteiger partial charge in [0, 0.05) is 11.8 Å². The predicted molar refractivity (Wildman–Crippen MR) is 59.1 cm³/mol. The third-order valence-electron chi connectivity index (χ3n) is 4.98. The number of carboxylic acids is 1. The zero-order valence-electron chi connectivity index (χ0n) is 9.72. The zero-order valence-corrected chi connectivity index (χ0v) is 9.72. The molecular formula is C12H19NO4. The van der Waals surface area contributed by atoms with Gasteiger partial charge in [-0.2, -0.15) is 0 Å². The lowest BCUT2D eigenvalue weighted by Crippen LogP contribution is -2.68. The number of hydrogen-bond donors (Lipinski definition) is 4. The van der Waals surface area contributed by atoms with Crippen LogP contribution in [0.3, 0.4) is 0 Å². The van der Waals surface area contributed by atoms with Gasteiger partial charge in [0.2, 0.25) is 0 Å². The number of carbonyl (C=O) groups is 1. The van der Waals surface area contributed by atoms with Gasteiger partial charge in [-0.25, -0.2) is 0 Å². The van der Waals surface area contributed by atoms with Crippen LogP contribution in [0.15, 0.2) is 0 Å². The Kier molecular flexibility index (Phi) is 2.03. The Labute approximate surface area is 99.6 Å². The number of aliphatic carboxylic acids is 1. The molecule has 4 aliphatic carbocycles. The SMILES string of the molecule is N[C@H](C(=O)O)C12CC3CC(O)(C1)C[C@](O)(C3)C2. The molecule has 4 rings (SSSR count). The summed E-state index contributed by atoms with van der Waals surface area (Å²) in [5.41, 5.74) is 3.39. The number of rotatable bonds is 2. The van der Waals surface area contributed by atoms with Gasteiger partial charge in [0.05, 0.1) is 11.2 Å². The minimum absolute atomic E-state index is 0.214. The average molecular weight is 241 g/mol. The molecule has 0 amide bonds. The van der Waals surface area contributed by atoms with Crippen molar-refractivity contribution in [3.63, 3.8) is 0 Å². The van der Waals surface area contributed by atoms with Gasteiger partial charge in [-0.05, 0) is 38.0 Å². The van der Waals surface area contributed by atoms with Crippen LogP contribution in [0.25, 0.3) is 0 Å². The molecule has 0 heterocycles. The zero-order chi connectivity index (χ0) is 12.5. The topological polar surface area (TPSA) is 104 Å². The maximum atomic E-state index is 11.1. The summed E-state index contributed by atoms with van der Waals surface area (Å²) in [6.07, 6.45) is 3.32. The van der Waals surface area contributed by atoms with E-state index in [1.54, 1.807) is 0 Å². The molecule has 0 aromatic heterocycles. The monoisotopic (exact) mass is 241 g/mol. The Morgan fingerprint density at radius 3 is 2.06 bits per heavy atom. The molecule has 17 heavy (non-hydrogen) atoms. The Bertz CT molecular complexity index is 365. The van der Waals surface area contributed by atoms with E-state index in [-0.39, 0.29) is 5.92 Å². The van der Waals surface area contributed by atoms with Gasteiger partial charge in [-0.1, -0.05) is 0 Å². The summed E-state index contributed by atoms with van der Waals surface area (Å²) >= 11 is 0. The molecule has 4 bridgehead atoms. The molecule has 0 aliphatic heterocycles. The second kappa shape index (κ2) is 3.02. The average Bonchev–Trinajstić information content (AvgIpc) is 2.10. The van der Waals surface area contributed by atoms with Crippen LogP contribution >= 0.6 is 0 Å². The molecule has 0 aromatic rings. The standard InChI is InChI=1S/C12H19NO4/c13-8(9(14)15)10-1-7-2-11(16,4-10)6-12(17,3-7)5-10/h7-8,16-17H,1-6,13H2,(H,14,15)/t7?,8-,10?,11+,12?/m1/s1. The first-order valence-electron chi connectivity index (χ1n) is 6.19. The van der Waals surface area contributed by atoms with E-state index in [9.17, 15) is 15.0 Å². The molecular weight excluding hydrogens is 222 g/mol. The highest BCUT2D eigenvalue weighted by atomic mass is 16.4. The molecule has 5 nitrogen and oxygen atoms in total. The van der Waals surface area contributed by atoms with Crippen molar-refractivity contribution < 1.29 is 20.1 Å². The Balaban J connectivity index is 2.00. The highest BCUT2D eigenvalue weighted by Crippen LogP contribution is 2.63. The summed E-state index contributed by atoms with van der Waals surface area (Å²) < 4.78 is 0. The molecule has 96 valence electrons. The molecule has 4 saturated carbocycles. The minimum Gasteiger partial charge on any atom is -0.480 e. The van der Waals surface area contributed by atoms with E-state index in [4.69, 9.17) is 10.8 Å². The molecule has 0 spiro atoms. The van der Waals surface area contributed by atoms with E-state index in [0.717, 1.165) is 6.42 Å². The first-order chi connectivity index (χ1) is 7.76. The van der Waals surface area contributed by atoms with Crippen molar-refractivity contribution in [2.45, 2.75) is 55.8 Å².